The molecule has 0 unspecified atom stereocenters. The van der Waals surface area contributed by atoms with Crippen molar-refractivity contribution in [3.63, 3.8) is 0 Å². The maximum atomic E-state index is 4.68. The van der Waals surface area contributed by atoms with Gasteiger partial charge in [-0.25, -0.2) is 9.97 Å². The summed E-state index contributed by atoms with van der Waals surface area (Å²) in [6, 6.07) is 0. The van der Waals surface area contributed by atoms with Crippen LogP contribution in [0.4, 0.5) is 5.69 Å². The van der Waals surface area contributed by atoms with E-state index in [2.05, 4.69) is 48.0 Å². The number of hydrogen-bond donors (Lipinski definition) is 1. The summed E-state index contributed by atoms with van der Waals surface area (Å²) in [7, 11) is 4.07. The van der Waals surface area contributed by atoms with Crippen molar-refractivity contribution in [2.75, 3.05) is 25.5 Å². The van der Waals surface area contributed by atoms with Crippen LogP contribution in [0.3, 0.4) is 0 Å². The van der Waals surface area contributed by atoms with Gasteiger partial charge in [-0.3, -0.25) is 0 Å². The van der Waals surface area contributed by atoms with E-state index in [0.717, 1.165) is 30.3 Å². The minimum atomic E-state index is 0.371. The van der Waals surface area contributed by atoms with Crippen LogP contribution in [0.1, 0.15) is 51.0 Å². The number of nitrogens with zero attached hydrogens (tertiary/aromatic N) is 3. The number of unbranched alkanes of at least 4 members (excludes halogenated alkanes) is 1. The number of aromatic nitrogens is 2. The Kier molecular flexibility index (Phi) is 6.05. The minimum absolute atomic E-state index is 0.371. The molecular weight excluding hydrogens is 224 g/mol. The summed E-state index contributed by atoms with van der Waals surface area (Å²) in [5, 5.41) is 3.18. The van der Waals surface area contributed by atoms with Gasteiger partial charge in [0.2, 0.25) is 0 Å². The molecule has 0 saturated heterocycles. The summed E-state index contributed by atoms with van der Waals surface area (Å²) < 4.78 is 0. The van der Waals surface area contributed by atoms with Gasteiger partial charge in [0.05, 0.1) is 17.6 Å². The predicted octanol–water partition coefficient (Wildman–Crippen LogP) is 2.56. The normalized spacial score (nSPS) is 11.0. The predicted molar refractivity (Wildman–Crippen MR) is 77.1 cm³/mol. The maximum absolute atomic E-state index is 4.68. The zero-order chi connectivity index (χ0) is 13.5. The summed E-state index contributed by atoms with van der Waals surface area (Å²) in [6.45, 7) is 8.30. The van der Waals surface area contributed by atoms with E-state index in [0.29, 0.717) is 5.92 Å². The topological polar surface area (TPSA) is 41.1 Å². The zero-order valence-corrected chi connectivity index (χ0v) is 12.3. The smallest absolute Gasteiger partial charge is 0.131 e. The Morgan fingerprint density at radius 1 is 1.39 bits per heavy atom. The van der Waals surface area contributed by atoms with Gasteiger partial charge in [-0.1, -0.05) is 27.2 Å². The van der Waals surface area contributed by atoms with Gasteiger partial charge in [-0.2, -0.15) is 0 Å². The number of anilines is 1. The van der Waals surface area contributed by atoms with Crippen LogP contribution in [-0.2, 0) is 6.54 Å². The highest BCUT2D eigenvalue weighted by atomic mass is 15.1. The third kappa shape index (κ3) is 3.95. The monoisotopic (exact) mass is 250 g/mol. The van der Waals surface area contributed by atoms with Gasteiger partial charge in [-0.15, -0.1) is 0 Å². The number of nitrogens with one attached hydrogen (secondary N) is 1. The highest BCUT2D eigenvalue weighted by Crippen LogP contribution is 2.19. The highest BCUT2D eigenvalue weighted by molar-refractivity contribution is 5.48. The average molecular weight is 250 g/mol. The highest BCUT2D eigenvalue weighted by Gasteiger charge is 2.12. The van der Waals surface area contributed by atoms with E-state index in [9.17, 15) is 0 Å². The van der Waals surface area contributed by atoms with Crippen LogP contribution in [0.15, 0.2) is 6.20 Å². The molecule has 18 heavy (non-hydrogen) atoms. The Morgan fingerprint density at radius 2 is 2.11 bits per heavy atom. The molecule has 1 aromatic rings. The van der Waals surface area contributed by atoms with E-state index >= 15 is 0 Å². The molecule has 0 aromatic carbocycles. The van der Waals surface area contributed by atoms with Gasteiger partial charge in [-0.05, 0) is 13.5 Å². The molecular formula is C14H26N4. The molecule has 0 radical (unpaired) electrons. The molecule has 1 aromatic heterocycles. The van der Waals surface area contributed by atoms with Crippen molar-refractivity contribution in [3.05, 3.63) is 17.7 Å². The lowest BCUT2D eigenvalue weighted by Gasteiger charge is -2.22. The Balaban J connectivity index is 2.95. The molecule has 0 saturated carbocycles. The summed E-state index contributed by atoms with van der Waals surface area (Å²) in [6.07, 6.45) is 4.36. The largest absolute Gasteiger partial charge is 0.372 e. The van der Waals surface area contributed by atoms with Crippen molar-refractivity contribution in [2.24, 2.45) is 0 Å². The van der Waals surface area contributed by atoms with E-state index in [1.807, 2.05) is 13.2 Å². The summed E-state index contributed by atoms with van der Waals surface area (Å²) >= 11 is 0. The second-order valence-corrected chi connectivity index (χ2v) is 5.02. The van der Waals surface area contributed by atoms with Gasteiger partial charge in [0, 0.05) is 26.1 Å². The summed E-state index contributed by atoms with van der Waals surface area (Å²) in [4.78, 5) is 11.4. The molecule has 0 aliphatic rings. The molecule has 0 atom stereocenters. The van der Waals surface area contributed by atoms with E-state index in [4.69, 9.17) is 0 Å². The van der Waals surface area contributed by atoms with Crippen LogP contribution in [0.2, 0.25) is 0 Å². The van der Waals surface area contributed by atoms with Gasteiger partial charge in [0.25, 0.3) is 0 Å². The summed E-state index contributed by atoms with van der Waals surface area (Å²) in [5.41, 5.74) is 2.23. The molecule has 0 fully saturated rings. The van der Waals surface area contributed by atoms with Crippen LogP contribution in [0.25, 0.3) is 0 Å². The number of hydrogen-bond acceptors (Lipinski definition) is 4. The van der Waals surface area contributed by atoms with Crippen molar-refractivity contribution in [3.8, 4) is 0 Å². The molecule has 4 nitrogen and oxygen atoms in total. The van der Waals surface area contributed by atoms with Crippen molar-refractivity contribution in [2.45, 2.75) is 46.1 Å². The van der Waals surface area contributed by atoms with E-state index in [-0.39, 0.29) is 0 Å². The van der Waals surface area contributed by atoms with Gasteiger partial charge in [0.1, 0.15) is 5.82 Å². The van der Waals surface area contributed by atoms with Crippen molar-refractivity contribution in [1.29, 1.82) is 0 Å². The second-order valence-electron chi connectivity index (χ2n) is 5.02. The first-order valence-electron chi connectivity index (χ1n) is 6.81. The lowest BCUT2D eigenvalue weighted by molar-refractivity contribution is 0.709. The fraction of sp³-hybridized carbons (Fsp3) is 0.714. The van der Waals surface area contributed by atoms with Crippen LogP contribution in [0.5, 0.6) is 0 Å². The lowest BCUT2D eigenvalue weighted by Crippen LogP contribution is -2.23. The van der Waals surface area contributed by atoms with Crippen LogP contribution < -0.4 is 10.2 Å². The second kappa shape index (κ2) is 7.31. The van der Waals surface area contributed by atoms with Crippen LogP contribution in [0, 0.1) is 0 Å². The minimum Gasteiger partial charge on any atom is -0.372 e. The first-order chi connectivity index (χ1) is 8.60. The molecule has 4 heteroatoms. The fourth-order valence-electron chi connectivity index (χ4n) is 1.84. The molecule has 1 N–H and O–H groups in total. The average Bonchev–Trinajstić information content (AvgIpc) is 2.36. The van der Waals surface area contributed by atoms with Crippen LogP contribution in [-0.4, -0.2) is 30.6 Å². The Morgan fingerprint density at radius 3 is 2.67 bits per heavy atom. The molecule has 0 bridgehead atoms. The van der Waals surface area contributed by atoms with Gasteiger partial charge < -0.3 is 10.2 Å². The van der Waals surface area contributed by atoms with Crippen molar-refractivity contribution in [1.82, 2.24) is 15.3 Å². The Bertz CT molecular complexity index is 363. The third-order valence-electron chi connectivity index (χ3n) is 2.98. The molecule has 0 amide bonds. The first kappa shape index (κ1) is 14.9. The third-order valence-corrected chi connectivity index (χ3v) is 2.98. The zero-order valence-electron chi connectivity index (χ0n) is 12.3. The maximum Gasteiger partial charge on any atom is 0.131 e. The molecule has 102 valence electrons. The van der Waals surface area contributed by atoms with Crippen molar-refractivity contribution < 1.29 is 0 Å². The van der Waals surface area contributed by atoms with Crippen LogP contribution >= 0.6 is 0 Å². The lowest BCUT2D eigenvalue weighted by atomic mass is 10.2. The quantitative estimate of drug-likeness (QED) is 0.807. The summed E-state index contributed by atoms with van der Waals surface area (Å²) in [5.74, 6) is 1.29. The molecule has 1 heterocycles. The van der Waals surface area contributed by atoms with E-state index in [1.54, 1.807) is 0 Å². The molecule has 0 aliphatic heterocycles. The van der Waals surface area contributed by atoms with Crippen molar-refractivity contribution >= 4 is 5.69 Å². The van der Waals surface area contributed by atoms with Gasteiger partial charge >= 0.3 is 0 Å². The Labute approximate surface area is 111 Å². The molecule has 1 rings (SSSR count). The number of rotatable bonds is 7. The standard InChI is InChI=1S/C14H26N4/c1-6-7-8-18(5)13-10-16-14(11(2)3)17-12(13)9-15-4/h10-11,15H,6-9H2,1-5H3. The van der Waals surface area contributed by atoms with E-state index < -0.39 is 0 Å². The molecule has 0 aliphatic carbocycles. The van der Waals surface area contributed by atoms with Gasteiger partial charge in [0.15, 0.2) is 0 Å². The Hall–Kier alpha value is -1.16. The van der Waals surface area contributed by atoms with E-state index in [1.165, 1.54) is 12.8 Å². The SMILES string of the molecule is CCCCN(C)c1cnc(C(C)C)nc1CNC. The fourth-order valence-corrected chi connectivity index (χ4v) is 1.84. The molecule has 0 spiro atoms. The first-order valence-corrected chi connectivity index (χ1v) is 6.81.